The third-order valence-corrected chi connectivity index (χ3v) is 4.90. The van der Waals surface area contributed by atoms with Crippen LogP contribution in [0.4, 0.5) is 5.69 Å². The molecule has 8 heteroatoms. The van der Waals surface area contributed by atoms with Crippen molar-refractivity contribution in [2.45, 2.75) is 0 Å². The molecule has 2 heterocycles. The summed E-state index contributed by atoms with van der Waals surface area (Å²) in [5.74, 6) is 0.710. The third-order valence-electron chi connectivity index (χ3n) is 4.66. The average Bonchev–Trinajstić information content (AvgIpc) is 3.24. The number of aromatic nitrogens is 2. The molecule has 2 aromatic carbocycles. The van der Waals surface area contributed by atoms with Gasteiger partial charge in [0.2, 0.25) is 5.89 Å². The molecule has 1 fully saturated rings. The predicted octanol–water partition coefficient (Wildman–Crippen LogP) is 3.36. The molecule has 0 radical (unpaired) electrons. The second kappa shape index (κ2) is 7.90. The predicted molar refractivity (Wildman–Crippen MR) is 106 cm³/mol. The number of amides is 1. The van der Waals surface area contributed by atoms with Crippen LogP contribution in [0.2, 0.25) is 5.02 Å². The topological polar surface area (TPSA) is 71.7 Å². The number of hydrogen-bond acceptors (Lipinski definition) is 6. The summed E-state index contributed by atoms with van der Waals surface area (Å²) >= 11 is 6.07. The van der Waals surface area contributed by atoms with Crippen LogP contribution >= 0.6 is 11.6 Å². The summed E-state index contributed by atoms with van der Waals surface area (Å²) in [6.45, 7) is 2.57. The molecular weight excluding hydrogens is 380 g/mol. The number of rotatable bonds is 4. The Morgan fingerprint density at radius 3 is 2.61 bits per heavy atom. The van der Waals surface area contributed by atoms with Crippen LogP contribution in [0, 0.1) is 0 Å². The van der Waals surface area contributed by atoms with Crippen LogP contribution in [0.5, 0.6) is 5.75 Å². The molecule has 0 aliphatic carbocycles. The van der Waals surface area contributed by atoms with E-state index in [9.17, 15) is 4.79 Å². The van der Waals surface area contributed by atoms with Gasteiger partial charge in [-0.05, 0) is 36.4 Å². The van der Waals surface area contributed by atoms with Gasteiger partial charge in [-0.15, -0.1) is 10.2 Å². The molecule has 7 nitrogen and oxygen atoms in total. The van der Waals surface area contributed by atoms with Crippen LogP contribution in [0.25, 0.3) is 11.5 Å². The highest BCUT2D eigenvalue weighted by Crippen LogP contribution is 2.24. The lowest BCUT2D eigenvalue weighted by Gasteiger charge is -2.35. The Kier molecular flexibility index (Phi) is 5.16. The molecule has 4 rings (SSSR count). The monoisotopic (exact) mass is 398 g/mol. The number of halogens is 1. The maximum absolute atomic E-state index is 12.7. The Morgan fingerprint density at radius 1 is 1.07 bits per heavy atom. The van der Waals surface area contributed by atoms with Gasteiger partial charge in [0.25, 0.3) is 0 Å². The molecule has 1 amide bonds. The minimum absolute atomic E-state index is 0.00553. The van der Waals surface area contributed by atoms with E-state index in [1.807, 2.05) is 42.5 Å². The van der Waals surface area contributed by atoms with Crippen LogP contribution in [0.1, 0.15) is 10.7 Å². The quantitative estimate of drug-likeness (QED) is 0.671. The second-order valence-electron chi connectivity index (χ2n) is 6.40. The van der Waals surface area contributed by atoms with Crippen molar-refractivity contribution in [2.75, 3.05) is 38.2 Å². The van der Waals surface area contributed by atoms with Crippen molar-refractivity contribution in [2.24, 2.45) is 0 Å². The fourth-order valence-corrected chi connectivity index (χ4v) is 3.34. The Hall–Kier alpha value is -3.06. The molecule has 28 heavy (non-hydrogen) atoms. The summed E-state index contributed by atoms with van der Waals surface area (Å²) in [4.78, 5) is 16.7. The fourth-order valence-electron chi connectivity index (χ4n) is 3.16. The number of benzene rings is 2. The number of hydrogen-bond donors (Lipinski definition) is 0. The highest BCUT2D eigenvalue weighted by molar-refractivity contribution is 6.30. The van der Waals surface area contributed by atoms with Crippen LogP contribution in [0.3, 0.4) is 0 Å². The summed E-state index contributed by atoms with van der Waals surface area (Å²) in [6, 6.07) is 15.0. The first kappa shape index (κ1) is 18.3. The van der Waals surface area contributed by atoms with E-state index in [0.717, 1.165) is 5.69 Å². The molecule has 0 atom stereocenters. The first-order valence-corrected chi connectivity index (χ1v) is 9.29. The SMILES string of the molecule is COc1cccc(-c2nnc(C(=O)N3CCN(c4cccc(Cl)c4)CC3)o2)c1. The van der Waals surface area contributed by atoms with Gasteiger partial charge in [0, 0.05) is 42.5 Å². The molecule has 3 aromatic rings. The highest BCUT2D eigenvalue weighted by atomic mass is 35.5. The fraction of sp³-hybridized carbons (Fsp3) is 0.250. The summed E-state index contributed by atoms with van der Waals surface area (Å²) in [5.41, 5.74) is 1.76. The zero-order valence-electron chi connectivity index (χ0n) is 15.3. The van der Waals surface area contributed by atoms with Gasteiger partial charge in [-0.1, -0.05) is 23.7 Å². The minimum atomic E-state index is -0.257. The number of nitrogens with zero attached hydrogens (tertiary/aromatic N) is 4. The first-order valence-electron chi connectivity index (χ1n) is 8.92. The highest BCUT2D eigenvalue weighted by Gasteiger charge is 2.26. The van der Waals surface area contributed by atoms with E-state index >= 15 is 0 Å². The van der Waals surface area contributed by atoms with Crippen molar-refractivity contribution >= 4 is 23.2 Å². The summed E-state index contributed by atoms with van der Waals surface area (Å²) in [6.07, 6.45) is 0. The van der Waals surface area contributed by atoms with Gasteiger partial charge in [0.1, 0.15) is 5.75 Å². The Balaban J connectivity index is 1.42. The zero-order chi connectivity index (χ0) is 19.5. The second-order valence-corrected chi connectivity index (χ2v) is 6.84. The van der Waals surface area contributed by atoms with Crippen molar-refractivity contribution in [3.63, 3.8) is 0 Å². The van der Waals surface area contributed by atoms with Crippen LogP contribution in [-0.2, 0) is 0 Å². The molecule has 0 bridgehead atoms. The summed E-state index contributed by atoms with van der Waals surface area (Å²) in [5, 5.41) is 8.64. The van der Waals surface area contributed by atoms with E-state index in [1.54, 1.807) is 18.1 Å². The van der Waals surface area contributed by atoms with Gasteiger partial charge in [0.05, 0.1) is 7.11 Å². The Bertz CT molecular complexity index is 983. The number of ether oxygens (including phenoxy) is 1. The van der Waals surface area contributed by atoms with Crippen molar-refractivity contribution in [1.29, 1.82) is 0 Å². The Labute approximate surface area is 167 Å². The van der Waals surface area contributed by atoms with Gasteiger partial charge in [0.15, 0.2) is 0 Å². The number of carbonyl (C=O) groups excluding carboxylic acids is 1. The first-order chi connectivity index (χ1) is 13.6. The maximum Gasteiger partial charge on any atom is 0.311 e. The molecule has 0 spiro atoms. The van der Waals surface area contributed by atoms with Crippen LogP contribution in [-0.4, -0.2) is 54.3 Å². The minimum Gasteiger partial charge on any atom is -0.497 e. The van der Waals surface area contributed by atoms with Crippen molar-refractivity contribution < 1.29 is 13.9 Å². The van der Waals surface area contributed by atoms with Crippen molar-refractivity contribution in [1.82, 2.24) is 15.1 Å². The van der Waals surface area contributed by atoms with E-state index < -0.39 is 0 Å². The van der Waals surface area contributed by atoms with E-state index in [4.69, 9.17) is 20.8 Å². The Morgan fingerprint density at radius 2 is 1.86 bits per heavy atom. The molecule has 1 aliphatic heterocycles. The summed E-state index contributed by atoms with van der Waals surface area (Å²) < 4.78 is 10.8. The number of anilines is 1. The van der Waals surface area contributed by atoms with Gasteiger partial charge in [-0.2, -0.15) is 0 Å². The molecule has 1 saturated heterocycles. The van der Waals surface area contributed by atoms with E-state index in [2.05, 4.69) is 15.1 Å². The molecule has 1 aromatic heterocycles. The van der Waals surface area contributed by atoms with Gasteiger partial charge >= 0.3 is 11.8 Å². The smallest absolute Gasteiger partial charge is 0.311 e. The molecular formula is C20H19ClN4O3. The van der Waals surface area contributed by atoms with Gasteiger partial charge in [-0.3, -0.25) is 4.79 Å². The van der Waals surface area contributed by atoms with Crippen LogP contribution < -0.4 is 9.64 Å². The lowest BCUT2D eigenvalue weighted by molar-refractivity contribution is 0.0707. The standard InChI is InChI=1S/C20H19ClN4O3/c1-27-17-7-2-4-14(12-17)18-22-23-19(28-18)20(26)25-10-8-24(9-11-25)16-6-3-5-15(21)13-16/h2-7,12-13H,8-11H2,1H3. The molecule has 1 aliphatic rings. The summed E-state index contributed by atoms with van der Waals surface area (Å²) in [7, 11) is 1.59. The van der Waals surface area contributed by atoms with E-state index in [1.165, 1.54) is 0 Å². The number of methoxy groups -OCH3 is 1. The normalized spacial score (nSPS) is 14.2. The molecule has 0 unspecified atom stereocenters. The lowest BCUT2D eigenvalue weighted by atomic mass is 10.2. The lowest BCUT2D eigenvalue weighted by Crippen LogP contribution is -2.48. The number of carbonyl (C=O) groups is 1. The molecule has 144 valence electrons. The van der Waals surface area contributed by atoms with Gasteiger partial charge < -0.3 is 19.0 Å². The zero-order valence-corrected chi connectivity index (χ0v) is 16.1. The molecule has 0 saturated carbocycles. The van der Waals surface area contributed by atoms with Crippen molar-refractivity contribution in [3.05, 3.63) is 59.4 Å². The third kappa shape index (κ3) is 3.80. The number of piperazine rings is 1. The molecule has 0 N–H and O–H groups in total. The van der Waals surface area contributed by atoms with Crippen LogP contribution in [0.15, 0.2) is 52.9 Å². The van der Waals surface area contributed by atoms with E-state index in [-0.39, 0.29) is 11.8 Å². The van der Waals surface area contributed by atoms with E-state index in [0.29, 0.717) is 48.4 Å². The largest absolute Gasteiger partial charge is 0.497 e. The van der Waals surface area contributed by atoms with Crippen molar-refractivity contribution in [3.8, 4) is 17.2 Å². The average molecular weight is 399 g/mol. The maximum atomic E-state index is 12.7. The van der Waals surface area contributed by atoms with Gasteiger partial charge in [-0.25, -0.2) is 0 Å².